The second-order valence-electron chi connectivity index (χ2n) is 4.65. The number of carbonyl (C=O) groups excluding carboxylic acids is 1. The largest absolute Gasteiger partial charge is 0.469 e. The first kappa shape index (κ1) is 19.7. The van der Waals surface area contributed by atoms with Gasteiger partial charge in [0.15, 0.2) is 0 Å². The Balaban J connectivity index is 2.95. The number of carbonyl (C=O) groups is 1. The van der Waals surface area contributed by atoms with Crippen molar-refractivity contribution in [3.63, 3.8) is 0 Å². The molecule has 8 heteroatoms. The minimum Gasteiger partial charge on any atom is -0.469 e. The van der Waals surface area contributed by atoms with Gasteiger partial charge in [0.05, 0.1) is 20.3 Å². The molecule has 1 rings (SSSR count). The molecule has 0 spiro atoms. The van der Waals surface area contributed by atoms with Crippen molar-refractivity contribution >= 4 is 13.6 Å². The maximum atomic E-state index is 14.5. The van der Waals surface area contributed by atoms with Gasteiger partial charge in [0.25, 0.3) is 0 Å². The Morgan fingerprint density at radius 1 is 1.13 bits per heavy atom. The zero-order valence-electron chi connectivity index (χ0n) is 13.4. The minimum absolute atomic E-state index is 0.149. The van der Waals surface area contributed by atoms with Gasteiger partial charge in [-0.15, -0.1) is 0 Å². The van der Waals surface area contributed by atoms with E-state index in [-0.39, 0.29) is 25.6 Å². The summed E-state index contributed by atoms with van der Waals surface area (Å²) in [6.45, 7) is 2.64. The van der Waals surface area contributed by atoms with Crippen molar-refractivity contribution in [3.05, 3.63) is 35.4 Å². The number of ether oxygens (including phenoxy) is 1. The van der Waals surface area contributed by atoms with Gasteiger partial charge >= 0.3 is 19.2 Å². The molecule has 0 atom stereocenters. The molecule has 0 bridgehead atoms. The molecule has 0 saturated heterocycles. The lowest BCUT2D eigenvalue weighted by molar-refractivity contribution is -0.140. The van der Waals surface area contributed by atoms with Crippen LogP contribution < -0.4 is 0 Å². The van der Waals surface area contributed by atoms with E-state index in [9.17, 15) is 18.1 Å². The molecule has 0 radical (unpaired) electrons. The van der Waals surface area contributed by atoms with Gasteiger partial charge in [-0.05, 0) is 25.8 Å². The zero-order valence-corrected chi connectivity index (χ0v) is 14.3. The number of hydrogen-bond acceptors (Lipinski definition) is 5. The first-order valence-corrected chi connectivity index (χ1v) is 8.78. The Morgan fingerprint density at radius 2 is 1.65 bits per heavy atom. The summed E-state index contributed by atoms with van der Waals surface area (Å²) in [7, 11) is -3.32. The highest BCUT2D eigenvalue weighted by Gasteiger charge is 2.54. The molecule has 0 heterocycles. The number of methoxy groups -OCH3 is 1. The van der Waals surface area contributed by atoms with E-state index in [2.05, 4.69) is 4.74 Å². The highest BCUT2D eigenvalue weighted by molar-refractivity contribution is 7.54. The molecule has 0 aliphatic carbocycles. The van der Waals surface area contributed by atoms with E-state index in [1.165, 1.54) is 33.1 Å². The maximum Gasteiger partial charge on any atom is 0.404 e. The summed E-state index contributed by atoms with van der Waals surface area (Å²) < 4.78 is 55.3. The van der Waals surface area contributed by atoms with Crippen molar-refractivity contribution in [1.82, 2.24) is 0 Å². The van der Waals surface area contributed by atoms with Crippen molar-refractivity contribution < 1.29 is 31.9 Å². The normalized spacial score (nSPS) is 12.2. The molecule has 23 heavy (non-hydrogen) atoms. The average Bonchev–Trinajstić information content (AvgIpc) is 2.53. The highest BCUT2D eigenvalue weighted by atomic mass is 31.2. The monoisotopic (exact) mass is 350 g/mol. The van der Waals surface area contributed by atoms with Gasteiger partial charge in [-0.25, -0.2) is 0 Å². The van der Waals surface area contributed by atoms with Crippen LogP contribution in [-0.4, -0.2) is 26.3 Å². The molecule has 0 saturated carbocycles. The van der Waals surface area contributed by atoms with E-state index >= 15 is 0 Å². The topological polar surface area (TPSA) is 61.8 Å². The average molecular weight is 350 g/mol. The number of hydrogen-bond donors (Lipinski definition) is 0. The predicted octanol–water partition coefficient (Wildman–Crippen LogP) is 4.11. The molecular weight excluding hydrogens is 329 g/mol. The molecule has 0 aliphatic rings. The Bertz CT molecular complexity index is 549. The maximum absolute atomic E-state index is 14.5. The van der Waals surface area contributed by atoms with Crippen molar-refractivity contribution in [3.8, 4) is 0 Å². The van der Waals surface area contributed by atoms with Crippen LogP contribution in [0.4, 0.5) is 8.78 Å². The lowest BCUT2D eigenvalue weighted by Gasteiger charge is -2.26. The van der Waals surface area contributed by atoms with E-state index in [0.29, 0.717) is 12.0 Å². The SMILES string of the molecule is CCOP(=O)(OCC)C(F)(F)c1ccc(CCC(=O)OC)cc1. The van der Waals surface area contributed by atoms with E-state index < -0.39 is 18.8 Å². The third-order valence-electron chi connectivity index (χ3n) is 3.09. The van der Waals surface area contributed by atoms with Gasteiger partial charge in [0, 0.05) is 12.0 Å². The number of alkyl halides is 2. The van der Waals surface area contributed by atoms with Crippen LogP contribution in [0.25, 0.3) is 0 Å². The Labute approximate surface area is 134 Å². The van der Waals surface area contributed by atoms with E-state index in [0.717, 1.165) is 12.1 Å². The van der Waals surface area contributed by atoms with Gasteiger partial charge in [0.1, 0.15) is 0 Å². The third-order valence-corrected chi connectivity index (χ3v) is 5.23. The van der Waals surface area contributed by atoms with Crippen LogP contribution >= 0.6 is 7.60 Å². The Kier molecular flexibility index (Phi) is 7.32. The zero-order chi connectivity index (χ0) is 17.5. The summed E-state index contributed by atoms with van der Waals surface area (Å²) in [4.78, 5) is 11.1. The number of esters is 1. The van der Waals surface area contributed by atoms with Crippen LogP contribution in [0, 0.1) is 0 Å². The molecule has 1 aromatic carbocycles. The standard InChI is InChI=1S/C15H21F2O5P/c1-4-21-23(19,22-5-2)15(16,17)13-9-6-12(7-10-13)8-11-14(18)20-3/h6-7,9-10H,4-5,8,11H2,1-3H3. The van der Waals surface area contributed by atoms with Crippen LogP contribution in [-0.2, 0) is 35.2 Å². The van der Waals surface area contributed by atoms with Gasteiger partial charge < -0.3 is 13.8 Å². The second kappa shape index (κ2) is 8.52. The minimum atomic E-state index is -4.60. The molecule has 0 amide bonds. The molecule has 0 fully saturated rings. The fourth-order valence-electron chi connectivity index (χ4n) is 1.92. The van der Waals surface area contributed by atoms with Crippen LogP contribution in [0.3, 0.4) is 0 Å². The number of benzene rings is 1. The van der Waals surface area contributed by atoms with Gasteiger partial charge in [-0.3, -0.25) is 9.36 Å². The summed E-state index contributed by atoms with van der Waals surface area (Å²) in [5, 5.41) is 0. The summed E-state index contributed by atoms with van der Waals surface area (Å²) in [6, 6.07) is 5.23. The van der Waals surface area contributed by atoms with Gasteiger partial charge in [-0.2, -0.15) is 8.78 Å². The Hall–Kier alpha value is -1.30. The smallest absolute Gasteiger partial charge is 0.404 e. The molecule has 0 N–H and O–H groups in total. The van der Waals surface area contributed by atoms with Gasteiger partial charge in [0.2, 0.25) is 0 Å². The summed E-state index contributed by atoms with van der Waals surface area (Å²) >= 11 is 0. The fourth-order valence-corrected chi connectivity index (χ4v) is 3.46. The number of rotatable bonds is 9. The molecule has 0 aliphatic heterocycles. The van der Waals surface area contributed by atoms with Crippen molar-refractivity contribution in [2.45, 2.75) is 32.4 Å². The molecule has 130 valence electrons. The third kappa shape index (κ3) is 4.83. The van der Waals surface area contributed by atoms with Crippen LogP contribution in [0.2, 0.25) is 0 Å². The molecule has 0 aromatic heterocycles. The van der Waals surface area contributed by atoms with Crippen LogP contribution in [0.1, 0.15) is 31.4 Å². The van der Waals surface area contributed by atoms with Crippen molar-refractivity contribution in [1.29, 1.82) is 0 Å². The first-order valence-electron chi connectivity index (χ1n) is 7.24. The fraction of sp³-hybridized carbons (Fsp3) is 0.533. The van der Waals surface area contributed by atoms with Gasteiger partial charge in [-0.1, -0.05) is 24.3 Å². The molecule has 5 nitrogen and oxygen atoms in total. The quantitative estimate of drug-likeness (QED) is 0.495. The summed E-state index contributed by atoms with van der Waals surface area (Å²) in [5.41, 5.74) is -3.51. The second-order valence-corrected chi connectivity index (χ2v) is 6.72. The number of aryl methyl sites for hydroxylation is 1. The lowest BCUT2D eigenvalue weighted by Crippen LogP contribution is -2.18. The molecule has 1 aromatic rings. The van der Waals surface area contributed by atoms with Crippen LogP contribution in [0.5, 0.6) is 0 Å². The van der Waals surface area contributed by atoms with E-state index in [4.69, 9.17) is 9.05 Å². The van der Waals surface area contributed by atoms with E-state index in [1.807, 2.05) is 0 Å². The molecule has 0 unspecified atom stereocenters. The van der Waals surface area contributed by atoms with Crippen molar-refractivity contribution in [2.24, 2.45) is 0 Å². The summed E-state index contributed by atoms with van der Waals surface area (Å²) in [5.74, 6) is -0.378. The van der Waals surface area contributed by atoms with Crippen molar-refractivity contribution in [2.75, 3.05) is 20.3 Å². The van der Waals surface area contributed by atoms with E-state index in [1.54, 1.807) is 0 Å². The number of halogens is 2. The molecular formula is C15H21F2O5P. The Morgan fingerprint density at radius 3 is 2.09 bits per heavy atom. The lowest BCUT2D eigenvalue weighted by atomic mass is 10.1. The predicted molar refractivity (Wildman–Crippen MR) is 81.5 cm³/mol. The summed E-state index contributed by atoms with van der Waals surface area (Å²) in [6.07, 6.45) is 0.524. The van der Waals surface area contributed by atoms with Crippen LogP contribution in [0.15, 0.2) is 24.3 Å². The highest BCUT2D eigenvalue weighted by Crippen LogP contribution is 2.66. The first-order chi connectivity index (χ1) is 10.8.